The summed E-state index contributed by atoms with van der Waals surface area (Å²) in [5.41, 5.74) is 3.59. The number of nitrogens with zero attached hydrogens (tertiary/aromatic N) is 2. The summed E-state index contributed by atoms with van der Waals surface area (Å²) in [5.74, 6) is 0. The monoisotopic (exact) mass is 217 g/mol. The lowest BCUT2D eigenvalue weighted by molar-refractivity contribution is 0.826. The molecule has 3 heterocycles. The highest BCUT2D eigenvalue weighted by atomic mass is 32.1. The SMILES string of the molecule is c1csc(-c2nccc3c2CCCN3)n1. The van der Waals surface area contributed by atoms with Crippen molar-refractivity contribution >= 4 is 17.0 Å². The molecule has 4 heteroatoms. The number of aromatic nitrogens is 2. The van der Waals surface area contributed by atoms with Crippen molar-refractivity contribution in [2.45, 2.75) is 12.8 Å². The van der Waals surface area contributed by atoms with Gasteiger partial charge >= 0.3 is 0 Å². The Morgan fingerprint density at radius 1 is 1.27 bits per heavy atom. The molecule has 0 aromatic carbocycles. The summed E-state index contributed by atoms with van der Waals surface area (Å²) in [6.07, 6.45) is 5.97. The number of fused-ring (bicyclic) bond motifs is 1. The number of hydrogen-bond donors (Lipinski definition) is 1. The average molecular weight is 217 g/mol. The van der Waals surface area contributed by atoms with Gasteiger partial charge in [-0.1, -0.05) is 0 Å². The Morgan fingerprint density at radius 2 is 2.27 bits per heavy atom. The van der Waals surface area contributed by atoms with Crippen LogP contribution in [0.25, 0.3) is 10.7 Å². The first-order valence-electron chi connectivity index (χ1n) is 5.07. The van der Waals surface area contributed by atoms with Gasteiger partial charge in [-0.25, -0.2) is 4.98 Å². The molecular weight excluding hydrogens is 206 g/mol. The molecule has 0 bridgehead atoms. The smallest absolute Gasteiger partial charge is 0.142 e. The van der Waals surface area contributed by atoms with Crippen LogP contribution in [0, 0.1) is 0 Å². The Kier molecular flexibility index (Phi) is 2.14. The molecule has 3 rings (SSSR count). The molecule has 0 atom stereocenters. The van der Waals surface area contributed by atoms with Crippen LogP contribution in [0.4, 0.5) is 5.69 Å². The van der Waals surface area contributed by atoms with E-state index < -0.39 is 0 Å². The van der Waals surface area contributed by atoms with E-state index in [1.54, 1.807) is 11.3 Å². The van der Waals surface area contributed by atoms with Gasteiger partial charge < -0.3 is 5.32 Å². The van der Waals surface area contributed by atoms with Crippen molar-refractivity contribution in [1.29, 1.82) is 0 Å². The zero-order chi connectivity index (χ0) is 10.1. The van der Waals surface area contributed by atoms with Crippen LogP contribution in [0.1, 0.15) is 12.0 Å². The number of nitrogens with one attached hydrogen (secondary N) is 1. The molecule has 2 aromatic heterocycles. The van der Waals surface area contributed by atoms with Crippen LogP contribution < -0.4 is 5.32 Å². The first-order chi connectivity index (χ1) is 7.45. The van der Waals surface area contributed by atoms with Crippen molar-refractivity contribution in [3.05, 3.63) is 29.4 Å². The Morgan fingerprint density at radius 3 is 3.13 bits per heavy atom. The minimum Gasteiger partial charge on any atom is -0.385 e. The van der Waals surface area contributed by atoms with Gasteiger partial charge in [0, 0.05) is 35.6 Å². The van der Waals surface area contributed by atoms with Crippen molar-refractivity contribution in [2.75, 3.05) is 11.9 Å². The largest absolute Gasteiger partial charge is 0.385 e. The summed E-state index contributed by atoms with van der Waals surface area (Å²) >= 11 is 1.65. The van der Waals surface area contributed by atoms with Crippen LogP contribution in [0.15, 0.2) is 23.8 Å². The molecule has 15 heavy (non-hydrogen) atoms. The van der Waals surface area contributed by atoms with E-state index in [0.717, 1.165) is 23.7 Å². The van der Waals surface area contributed by atoms with Gasteiger partial charge in [0.05, 0.1) is 0 Å². The van der Waals surface area contributed by atoms with Crippen LogP contribution in [-0.4, -0.2) is 16.5 Å². The molecule has 0 fully saturated rings. The lowest BCUT2D eigenvalue weighted by Gasteiger charge is -2.19. The van der Waals surface area contributed by atoms with E-state index in [2.05, 4.69) is 15.3 Å². The minimum absolute atomic E-state index is 1.02. The van der Waals surface area contributed by atoms with Crippen LogP contribution in [0.3, 0.4) is 0 Å². The molecule has 76 valence electrons. The average Bonchev–Trinajstić information content (AvgIpc) is 2.82. The van der Waals surface area contributed by atoms with Crippen LogP contribution >= 0.6 is 11.3 Å². The van der Waals surface area contributed by atoms with Gasteiger partial charge in [0.2, 0.25) is 0 Å². The third-order valence-electron chi connectivity index (χ3n) is 2.61. The summed E-state index contributed by atoms with van der Waals surface area (Å²) in [6, 6.07) is 2.05. The Balaban J connectivity index is 2.15. The van der Waals surface area contributed by atoms with Gasteiger partial charge in [0.1, 0.15) is 10.7 Å². The summed E-state index contributed by atoms with van der Waals surface area (Å²) in [4.78, 5) is 8.77. The quantitative estimate of drug-likeness (QED) is 0.797. The predicted molar refractivity (Wildman–Crippen MR) is 62.2 cm³/mol. The van der Waals surface area contributed by atoms with E-state index in [4.69, 9.17) is 0 Å². The lowest BCUT2D eigenvalue weighted by atomic mass is 10.0. The fourth-order valence-corrected chi connectivity index (χ4v) is 2.58. The summed E-state index contributed by atoms with van der Waals surface area (Å²) in [6.45, 7) is 1.06. The summed E-state index contributed by atoms with van der Waals surface area (Å²) in [7, 11) is 0. The Labute approximate surface area is 92.2 Å². The third kappa shape index (κ3) is 1.51. The van der Waals surface area contributed by atoms with Gasteiger partial charge in [0.25, 0.3) is 0 Å². The molecule has 0 amide bonds. The zero-order valence-corrected chi connectivity index (χ0v) is 9.05. The van der Waals surface area contributed by atoms with Gasteiger partial charge in [-0.05, 0) is 18.9 Å². The number of anilines is 1. The van der Waals surface area contributed by atoms with Gasteiger partial charge in [-0.15, -0.1) is 11.3 Å². The highest BCUT2D eigenvalue weighted by molar-refractivity contribution is 7.13. The summed E-state index contributed by atoms with van der Waals surface area (Å²) in [5, 5.41) is 6.42. The van der Waals surface area contributed by atoms with E-state index in [9.17, 15) is 0 Å². The fourth-order valence-electron chi connectivity index (χ4n) is 1.92. The molecule has 0 aliphatic carbocycles. The molecule has 1 aliphatic heterocycles. The van der Waals surface area contributed by atoms with Gasteiger partial charge in [0.15, 0.2) is 0 Å². The molecule has 0 unspecified atom stereocenters. The second kappa shape index (κ2) is 3.62. The van der Waals surface area contributed by atoms with Gasteiger partial charge in [-0.2, -0.15) is 0 Å². The molecule has 1 N–H and O–H groups in total. The minimum atomic E-state index is 1.02. The van der Waals surface area contributed by atoms with E-state index in [0.29, 0.717) is 0 Å². The fraction of sp³-hybridized carbons (Fsp3) is 0.273. The Bertz CT molecular complexity index is 465. The maximum absolute atomic E-state index is 4.44. The molecule has 0 saturated heterocycles. The molecule has 3 nitrogen and oxygen atoms in total. The molecule has 0 saturated carbocycles. The third-order valence-corrected chi connectivity index (χ3v) is 3.39. The van der Waals surface area contributed by atoms with Crippen LogP contribution in [0.2, 0.25) is 0 Å². The molecule has 0 spiro atoms. The molecular formula is C11H11N3S. The highest BCUT2D eigenvalue weighted by Gasteiger charge is 2.15. The molecule has 2 aromatic rings. The first-order valence-corrected chi connectivity index (χ1v) is 5.95. The maximum atomic E-state index is 4.44. The van der Waals surface area contributed by atoms with Crippen LogP contribution in [0.5, 0.6) is 0 Å². The second-order valence-corrected chi connectivity index (χ2v) is 4.45. The topological polar surface area (TPSA) is 37.8 Å². The second-order valence-electron chi connectivity index (χ2n) is 3.55. The van der Waals surface area contributed by atoms with Crippen LogP contribution in [-0.2, 0) is 6.42 Å². The van der Waals surface area contributed by atoms with E-state index in [1.807, 2.05) is 23.8 Å². The number of rotatable bonds is 1. The molecule has 0 radical (unpaired) electrons. The van der Waals surface area contributed by atoms with E-state index in [-0.39, 0.29) is 0 Å². The van der Waals surface area contributed by atoms with Crippen molar-refractivity contribution in [1.82, 2.24) is 9.97 Å². The van der Waals surface area contributed by atoms with Crippen molar-refractivity contribution in [3.8, 4) is 10.7 Å². The lowest BCUT2D eigenvalue weighted by Crippen LogP contribution is -2.13. The number of hydrogen-bond acceptors (Lipinski definition) is 4. The van der Waals surface area contributed by atoms with E-state index >= 15 is 0 Å². The number of pyridine rings is 1. The zero-order valence-electron chi connectivity index (χ0n) is 8.23. The standard InChI is InChI=1S/C11H11N3S/c1-2-8-9(12-4-1)3-5-13-10(8)11-14-6-7-15-11/h3,5-7,12H,1-2,4H2. The highest BCUT2D eigenvalue weighted by Crippen LogP contribution is 2.31. The summed E-state index contributed by atoms with van der Waals surface area (Å²) < 4.78 is 0. The predicted octanol–water partition coefficient (Wildman–Crippen LogP) is 2.56. The van der Waals surface area contributed by atoms with Crippen molar-refractivity contribution in [2.24, 2.45) is 0 Å². The maximum Gasteiger partial charge on any atom is 0.142 e. The number of thiazole rings is 1. The first kappa shape index (κ1) is 8.85. The molecule has 1 aliphatic rings. The van der Waals surface area contributed by atoms with E-state index in [1.165, 1.54) is 17.7 Å². The normalized spacial score (nSPS) is 14.4. The Hall–Kier alpha value is -1.42. The van der Waals surface area contributed by atoms with Crippen molar-refractivity contribution in [3.63, 3.8) is 0 Å². The van der Waals surface area contributed by atoms with Gasteiger partial charge in [-0.3, -0.25) is 4.98 Å². The van der Waals surface area contributed by atoms with Crippen molar-refractivity contribution < 1.29 is 0 Å².